The molecule has 1 amide bonds. The molecule has 2 aromatic rings. The number of ether oxygens (including phenoxy) is 1. The molecule has 1 radical (unpaired) electrons. The molecule has 1 aromatic carbocycles. The molecule has 4 nitrogen and oxygen atoms in total. The number of H-pyrrole nitrogens is 1. The van der Waals surface area contributed by atoms with Gasteiger partial charge in [0.1, 0.15) is 5.69 Å². The fourth-order valence-corrected chi connectivity index (χ4v) is 1.60. The third-order valence-corrected chi connectivity index (χ3v) is 2.37. The molecule has 0 spiro atoms. The van der Waals surface area contributed by atoms with Gasteiger partial charge in [-0.1, -0.05) is 11.6 Å². The molecule has 16 heavy (non-hydrogen) atoms. The molecule has 0 fully saturated rings. The number of nitrogens with one attached hydrogen (secondary N) is 2. The van der Waals surface area contributed by atoms with E-state index in [-0.39, 0.29) is 5.91 Å². The molecule has 0 aliphatic carbocycles. The van der Waals surface area contributed by atoms with E-state index in [1.807, 2.05) is 6.07 Å². The first kappa shape index (κ1) is 11.0. The predicted molar refractivity (Wildman–Crippen MR) is 62.1 cm³/mol. The van der Waals surface area contributed by atoms with Crippen molar-refractivity contribution in [2.75, 3.05) is 7.11 Å². The van der Waals surface area contributed by atoms with Crippen LogP contribution in [0.5, 0.6) is 0 Å². The van der Waals surface area contributed by atoms with Gasteiger partial charge >= 0.3 is 0 Å². The van der Waals surface area contributed by atoms with Crippen LogP contribution in [0.2, 0.25) is 5.02 Å². The minimum atomic E-state index is -0.255. The number of aromatic nitrogens is 1. The monoisotopic (exact) mass is 237 g/mol. The molecule has 0 saturated carbocycles. The second kappa shape index (κ2) is 4.55. The minimum absolute atomic E-state index is 0.255. The summed E-state index contributed by atoms with van der Waals surface area (Å²) in [5, 5.41) is 4.01. The molecule has 0 bridgehead atoms. The quantitative estimate of drug-likeness (QED) is 0.861. The molecule has 0 aliphatic heterocycles. The molecular weight excluding hydrogens is 228 g/mol. The van der Waals surface area contributed by atoms with E-state index in [4.69, 9.17) is 11.6 Å². The lowest BCUT2D eigenvalue weighted by atomic mass is 10.2. The topological polar surface area (TPSA) is 54.1 Å². The summed E-state index contributed by atoms with van der Waals surface area (Å²) in [5.74, 6) is -0.255. The van der Waals surface area contributed by atoms with Crippen LogP contribution in [0.25, 0.3) is 10.9 Å². The van der Waals surface area contributed by atoms with Gasteiger partial charge in [0.15, 0.2) is 6.73 Å². The molecule has 0 unspecified atom stereocenters. The van der Waals surface area contributed by atoms with Crippen molar-refractivity contribution in [2.45, 2.75) is 0 Å². The van der Waals surface area contributed by atoms with Gasteiger partial charge in [0.05, 0.1) is 0 Å². The van der Waals surface area contributed by atoms with Crippen molar-refractivity contribution >= 4 is 28.4 Å². The van der Waals surface area contributed by atoms with Crippen molar-refractivity contribution in [3.05, 3.63) is 41.7 Å². The highest BCUT2D eigenvalue weighted by molar-refractivity contribution is 6.31. The summed E-state index contributed by atoms with van der Waals surface area (Å²) in [4.78, 5) is 14.6. The van der Waals surface area contributed by atoms with Gasteiger partial charge in [-0.05, 0) is 24.3 Å². The molecule has 83 valence electrons. The molecule has 0 aliphatic rings. The number of hydrogen-bond acceptors (Lipinski definition) is 2. The average Bonchev–Trinajstić information content (AvgIpc) is 2.68. The fourth-order valence-electron chi connectivity index (χ4n) is 1.42. The van der Waals surface area contributed by atoms with Crippen molar-refractivity contribution in [1.82, 2.24) is 10.3 Å². The van der Waals surface area contributed by atoms with Gasteiger partial charge in [0.25, 0.3) is 5.91 Å². The van der Waals surface area contributed by atoms with Gasteiger partial charge in [0.2, 0.25) is 0 Å². The van der Waals surface area contributed by atoms with Gasteiger partial charge in [-0.25, -0.2) is 0 Å². The molecule has 0 saturated heterocycles. The Morgan fingerprint density at radius 3 is 3.06 bits per heavy atom. The zero-order chi connectivity index (χ0) is 11.5. The van der Waals surface area contributed by atoms with E-state index < -0.39 is 0 Å². The summed E-state index contributed by atoms with van der Waals surface area (Å²) in [6.07, 6.45) is 0. The Morgan fingerprint density at radius 1 is 1.50 bits per heavy atom. The van der Waals surface area contributed by atoms with Crippen LogP contribution in [0.1, 0.15) is 10.5 Å². The fraction of sp³-hybridized carbons (Fsp3) is 0.0909. The molecule has 1 aromatic heterocycles. The molecular formula is C11H10ClN2O2. The maximum Gasteiger partial charge on any atom is 0.269 e. The maximum atomic E-state index is 11.6. The van der Waals surface area contributed by atoms with Crippen LogP contribution >= 0.6 is 11.6 Å². The van der Waals surface area contributed by atoms with Crippen molar-refractivity contribution in [2.24, 2.45) is 0 Å². The lowest BCUT2D eigenvalue weighted by molar-refractivity contribution is 0.0925. The zero-order valence-corrected chi connectivity index (χ0v) is 9.34. The van der Waals surface area contributed by atoms with Crippen LogP contribution in [-0.4, -0.2) is 18.0 Å². The zero-order valence-electron chi connectivity index (χ0n) is 8.58. The van der Waals surface area contributed by atoms with E-state index in [1.165, 1.54) is 13.8 Å². The Kier molecular flexibility index (Phi) is 3.12. The molecule has 2 rings (SSSR count). The Bertz CT molecular complexity index is 522. The van der Waals surface area contributed by atoms with Gasteiger partial charge in [0, 0.05) is 23.0 Å². The largest absolute Gasteiger partial charge is 0.357 e. The third kappa shape index (κ3) is 2.18. The molecule has 5 heteroatoms. The number of halogens is 1. The summed E-state index contributed by atoms with van der Waals surface area (Å²) in [7, 11) is 1.46. The number of methoxy groups -OCH3 is 1. The average molecular weight is 238 g/mol. The number of carbonyl (C=O) groups excluding carboxylic acids is 1. The highest BCUT2D eigenvalue weighted by Gasteiger charge is 2.08. The second-order valence-corrected chi connectivity index (χ2v) is 3.68. The van der Waals surface area contributed by atoms with Gasteiger partial charge in [-0.3, -0.25) is 4.79 Å². The van der Waals surface area contributed by atoms with Crippen LogP contribution in [0.4, 0.5) is 0 Å². The van der Waals surface area contributed by atoms with Crippen molar-refractivity contribution in [3.63, 3.8) is 0 Å². The smallest absolute Gasteiger partial charge is 0.269 e. The van der Waals surface area contributed by atoms with Gasteiger partial charge < -0.3 is 15.0 Å². The number of aromatic amines is 1. The van der Waals surface area contributed by atoms with Crippen LogP contribution in [0.15, 0.2) is 24.3 Å². The number of amides is 1. The van der Waals surface area contributed by atoms with Crippen LogP contribution in [0, 0.1) is 6.73 Å². The van der Waals surface area contributed by atoms with Crippen molar-refractivity contribution in [1.29, 1.82) is 0 Å². The Morgan fingerprint density at radius 2 is 2.31 bits per heavy atom. The summed E-state index contributed by atoms with van der Waals surface area (Å²) in [6.45, 7) is 1.22. The predicted octanol–water partition coefficient (Wildman–Crippen LogP) is 2.32. The second-order valence-electron chi connectivity index (χ2n) is 3.24. The first-order valence-electron chi connectivity index (χ1n) is 4.64. The molecule has 1 heterocycles. The summed E-state index contributed by atoms with van der Waals surface area (Å²) < 4.78 is 4.64. The van der Waals surface area contributed by atoms with E-state index in [2.05, 4.69) is 15.0 Å². The number of carbonyl (C=O) groups is 1. The molecule has 2 N–H and O–H groups in total. The van der Waals surface area contributed by atoms with Gasteiger partial charge in [-0.2, -0.15) is 0 Å². The van der Waals surface area contributed by atoms with Crippen molar-refractivity contribution < 1.29 is 9.53 Å². The Balaban J connectivity index is 2.28. The number of rotatable bonds is 3. The highest BCUT2D eigenvalue weighted by atomic mass is 35.5. The minimum Gasteiger partial charge on any atom is -0.357 e. The Hall–Kier alpha value is -1.52. The SMILES string of the molecule is CO[CH]NC(=O)c1cc2cc(Cl)ccc2[nH]1. The Labute approximate surface area is 97.5 Å². The van der Waals surface area contributed by atoms with Crippen LogP contribution in [0.3, 0.4) is 0 Å². The van der Waals surface area contributed by atoms with E-state index in [1.54, 1.807) is 18.2 Å². The number of fused-ring (bicyclic) bond motifs is 1. The maximum absolute atomic E-state index is 11.6. The third-order valence-electron chi connectivity index (χ3n) is 2.14. The summed E-state index contributed by atoms with van der Waals surface area (Å²) in [5.41, 5.74) is 1.33. The van der Waals surface area contributed by atoms with Gasteiger partial charge in [-0.15, -0.1) is 0 Å². The first-order valence-corrected chi connectivity index (χ1v) is 5.02. The van der Waals surface area contributed by atoms with Crippen LogP contribution < -0.4 is 5.32 Å². The van der Waals surface area contributed by atoms with E-state index in [9.17, 15) is 4.79 Å². The number of hydrogen-bond donors (Lipinski definition) is 2. The van der Waals surface area contributed by atoms with Crippen LogP contribution in [-0.2, 0) is 4.74 Å². The lowest BCUT2D eigenvalue weighted by Gasteiger charge is -1.99. The first-order chi connectivity index (χ1) is 7.70. The highest BCUT2D eigenvalue weighted by Crippen LogP contribution is 2.19. The molecule has 0 atom stereocenters. The normalized spacial score (nSPS) is 10.6. The van der Waals surface area contributed by atoms with Crippen molar-refractivity contribution in [3.8, 4) is 0 Å². The summed E-state index contributed by atoms with van der Waals surface area (Å²) >= 11 is 5.85. The van der Waals surface area contributed by atoms with E-state index in [0.717, 1.165) is 10.9 Å². The lowest BCUT2D eigenvalue weighted by Crippen LogP contribution is -2.21. The number of benzene rings is 1. The standard InChI is InChI=1S/C11H10ClN2O2/c1-16-6-13-11(15)10-5-7-4-8(12)2-3-9(7)14-10/h2-6,14H,1H3,(H,13,15). The van der Waals surface area contributed by atoms with E-state index >= 15 is 0 Å². The van der Waals surface area contributed by atoms with E-state index in [0.29, 0.717) is 10.7 Å². The summed E-state index contributed by atoms with van der Waals surface area (Å²) in [6, 6.07) is 7.13.